The molecule has 2 atom stereocenters. The summed E-state index contributed by atoms with van der Waals surface area (Å²) >= 11 is 0. The molecule has 13 N–H and O–H groups in total. The number of para-hydroxylation sites is 1. The van der Waals surface area contributed by atoms with Crippen molar-refractivity contribution in [3.63, 3.8) is 0 Å². The van der Waals surface area contributed by atoms with Crippen LogP contribution in [-0.2, 0) is 39.3 Å². The maximum absolute atomic E-state index is 13.0. The standard InChI is InChI=1S/C27H30N6O3S.C26H28N6O3S.C22H21N5O3S.C21H19N5O3S.2CH4.13H2/c1-17(2)37(35,36)22-11-7-18(8-12-22)23-14-29-26-25(31-23)24(15-30-26)32-27(34)19-5-9-21(10-6-19)33-13-3-4-20(28)16-33;1-16(2)36(34,35)21-9-5-17(6-10-21)22-13-28-25-24(30-22)23(14-29-25)31-26(33)18-3-7-20(8-4-18)32-12-11-19(27)15-32;1-14(2)31(29,30)17-10-8-15(9-11-17)18-12-23-21-20(26-18)19(13-24-21)27-22(28)25-16-6-4-3-5-7-16;1-13(2)30(28,29)15-8-6-14(7-9-15)17-11-23-20-19(25-17)18(12-24-20)26-21(27)16-5-3-4-10-22-16;;;;;;;;;;;;;;;/h5-12,14-15,17,20H,3-4,13,16,28H2,1-2H3,(H,29,30)(H,32,34);3-10,13-14,16,19H,11-12,15,27H2,1-2H3,(H,28,29)(H,31,33);3-14H,1-2H3,(H,23,24)(H2,25,27,28);3-13H,1-2H3,(H,23,24)(H,26,27);2*1H4;13*1H/t20-;19-;;;;;;;;;;;;;;;;;/m01................./s1. The monoisotopic (exact) mass is 1940 g/mol. The highest BCUT2D eigenvalue weighted by Crippen LogP contribution is 2.34. The lowest BCUT2D eigenvalue weighted by Crippen LogP contribution is -2.42. The largest absolute Gasteiger partial charge is 0.370 e. The van der Waals surface area contributed by atoms with E-state index in [2.05, 4.69) is 101 Å². The number of carbonyl (C=O) groups is 4. The van der Waals surface area contributed by atoms with E-state index < -0.39 is 66.4 Å². The van der Waals surface area contributed by atoms with Crippen LogP contribution in [0.4, 0.5) is 44.6 Å². The highest BCUT2D eigenvalue weighted by atomic mass is 32.2. The van der Waals surface area contributed by atoms with Gasteiger partial charge in [0.2, 0.25) is 0 Å². The molecule has 16 aromatic rings. The molecule has 9 aromatic heterocycles. The number of anilines is 7. The molecule has 38 heteroatoms. The molecule has 0 spiro atoms. The van der Waals surface area contributed by atoms with Crippen LogP contribution in [-0.4, -0.2) is 181 Å². The predicted octanol–water partition coefficient (Wildman–Crippen LogP) is 20.0. The van der Waals surface area contributed by atoms with Crippen molar-refractivity contribution in [3.05, 3.63) is 267 Å². The second kappa shape index (κ2) is 42.2. The van der Waals surface area contributed by atoms with Crippen molar-refractivity contribution in [2.45, 2.75) is 142 Å². The second-order valence-corrected chi connectivity index (χ2v) is 43.1. The normalized spacial score (nSPS) is 13.9. The van der Waals surface area contributed by atoms with Gasteiger partial charge in [0.05, 0.1) is 111 Å². The van der Waals surface area contributed by atoms with E-state index in [1.807, 2.05) is 54.6 Å². The molecule has 2 aliphatic rings. The molecule has 5 amide bonds. The molecule has 730 valence electrons. The summed E-state index contributed by atoms with van der Waals surface area (Å²) in [5.74, 6) is -0.860. The van der Waals surface area contributed by atoms with E-state index in [-0.39, 0.29) is 88.5 Å². The Labute approximate surface area is 807 Å². The third-order valence-corrected chi connectivity index (χ3v) is 31.2. The average Bonchev–Trinajstić information content (AvgIpc) is 1.63. The number of aromatic nitrogens is 13. The Hall–Kier alpha value is -14.8. The quantitative estimate of drug-likeness (QED) is 0.0300. The molecule has 0 unspecified atom stereocenters. The number of hydrogen-bond acceptors (Lipinski definition) is 25. The van der Waals surface area contributed by atoms with Crippen LogP contribution in [0.2, 0.25) is 0 Å². The van der Waals surface area contributed by atoms with Gasteiger partial charge in [0.1, 0.15) is 27.8 Å². The number of piperidine rings is 1. The number of urea groups is 1. The van der Waals surface area contributed by atoms with Crippen molar-refractivity contribution >= 4 is 148 Å². The Morgan fingerprint density at radius 3 is 0.978 bits per heavy atom. The van der Waals surface area contributed by atoms with Crippen molar-refractivity contribution in [3.8, 4) is 45.0 Å². The fourth-order valence-corrected chi connectivity index (χ4v) is 18.9. The first-order valence-electron chi connectivity index (χ1n) is 43.1. The first-order valence-corrected chi connectivity index (χ1v) is 49.3. The third-order valence-electron chi connectivity index (χ3n) is 22.5. The third kappa shape index (κ3) is 22.5. The minimum Gasteiger partial charge on any atom is -0.370 e. The lowest BCUT2D eigenvalue weighted by Gasteiger charge is -2.32. The first kappa shape index (κ1) is 98.7. The number of pyridine rings is 1. The molecular weight excluding hydrogens is 1810 g/mol. The van der Waals surface area contributed by atoms with E-state index in [4.69, 9.17) is 11.5 Å². The Bertz CT molecular complexity index is 7520. The van der Waals surface area contributed by atoms with Crippen molar-refractivity contribution in [1.29, 1.82) is 0 Å². The molecule has 18 rings (SSSR count). The molecule has 0 radical (unpaired) electrons. The van der Waals surface area contributed by atoms with E-state index in [9.17, 15) is 52.8 Å². The summed E-state index contributed by atoms with van der Waals surface area (Å²) in [6, 6.07) is 55.4. The number of sulfone groups is 4. The minimum absolute atomic E-state index is 0. The maximum atomic E-state index is 13.0. The highest BCUT2D eigenvalue weighted by Gasteiger charge is 2.28. The van der Waals surface area contributed by atoms with Crippen LogP contribution >= 0.6 is 0 Å². The van der Waals surface area contributed by atoms with Gasteiger partial charge in [0.25, 0.3) is 17.7 Å². The zero-order valence-electron chi connectivity index (χ0n) is 74.2. The van der Waals surface area contributed by atoms with Crippen LogP contribution in [0.1, 0.15) is 139 Å². The van der Waals surface area contributed by atoms with Gasteiger partial charge in [0, 0.05) is 138 Å². The molecular formula is C98H132N22O12S4. The summed E-state index contributed by atoms with van der Waals surface area (Å²) in [6.07, 6.45) is 17.6. The predicted molar refractivity (Wildman–Crippen MR) is 562 cm³/mol. The number of carbonyl (C=O) groups excluding carboxylic acids is 4. The van der Waals surface area contributed by atoms with Gasteiger partial charge in [0.15, 0.2) is 61.9 Å². The van der Waals surface area contributed by atoms with E-state index in [1.165, 1.54) is 0 Å². The van der Waals surface area contributed by atoms with E-state index in [1.54, 1.807) is 251 Å². The number of benzene rings is 7. The summed E-state index contributed by atoms with van der Waals surface area (Å²) in [4.78, 5) is 108. The highest BCUT2D eigenvalue weighted by molar-refractivity contribution is 7.93. The number of amides is 5. The number of nitrogens with two attached hydrogens (primary N) is 2. The number of nitrogens with one attached hydrogen (secondary N) is 9. The van der Waals surface area contributed by atoms with Crippen molar-refractivity contribution in [2.24, 2.45) is 11.5 Å². The van der Waals surface area contributed by atoms with E-state index in [0.29, 0.717) is 107 Å². The van der Waals surface area contributed by atoms with E-state index in [0.717, 1.165) is 79.1 Å². The number of H-pyrrole nitrogens is 4. The van der Waals surface area contributed by atoms with Gasteiger partial charge in [-0.25, -0.2) is 78.3 Å². The Kier molecular flexibility index (Phi) is 30.6. The van der Waals surface area contributed by atoms with Gasteiger partial charge in [-0.1, -0.05) is 87.6 Å². The van der Waals surface area contributed by atoms with Gasteiger partial charge in [-0.2, -0.15) is 0 Å². The SMILES string of the molecule is C.C.CC(C)S(=O)(=O)c1ccc(-c2cnc3[nH]cc(NC(=O)Nc4ccccc4)c3n2)cc1.CC(C)S(=O)(=O)c1ccc(-c2cnc3[nH]cc(NC(=O)c4ccc(N5CCC[C@H](N)C5)cc4)c3n2)cc1.CC(C)S(=O)(=O)c1ccc(-c2cnc3[nH]cc(NC(=O)c4ccc(N5CC[C@@H](N)C5)cc4)c3n2)cc1.CC(C)S(=O)(=O)c1ccc(-c2cnc3[nH]cc(NC(=O)c4ccccn4)c3n2)cc1.[HH].[HH].[HH].[HH].[HH].[HH].[HH].[HH].[HH].[HH].[HH].[HH].[HH]. The van der Waals surface area contributed by atoms with Crippen LogP contribution in [0.15, 0.2) is 269 Å². The molecule has 0 saturated carbocycles. The molecule has 2 saturated heterocycles. The maximum Gasteiger partial charge on any atom is 0.323 e. The van der Waals surface area contributed by atoms with E-state index >= 15 is 0 Å². The van der Waals surface area contributed by atoms with Crippen LogP contribution in [0.3, 0.4) is 0 Å². The molecule has 7 aromatic carbocycles. The van der Waals surface area contributed by atoms with Gasteiger partial charge in [-0.05, 0) is 196 Å². The number of nitrogens with zero attached hydrogens (tertiary/aromatic N) is 11. The zero-order valence-corrected chi connectivity index (χ0v) is 77.5. The number of fused-ring (bicyclic) bond motifs is 4. The molecule has 11 heterocycles. The molecule has 2 aliphatic heterocycles. The Morgan fingerprint density at radius 2 is 0.669 bits per heavy atom. The first-order chi connectivity index (χ1) is 64.1. The van der Waals surface area contributed by atoms with Crippen molar-refractivity contribution in [1.82, 2.24) is 64.8 Å². The summed E-state index contributed by atoms with van der Waals surface area (Å²) < 4.78 is 98.9. The van der Waals surface area contributed by atoms with Crippen LogP contribution in [0.5, 0.6) is 0 Å². The Balaban J connectivity index is 0.00000190. The smallest absolute Gasteiger partial charge is 0.323 e. The fourth-order valence-electron chi connectivity index (χ4n) is 14.6. The summed E-state index contributed by atoms with van der Waals surface area (Å²) in [7, 11) is -13.4. The lowest BCUT2D eigenvalue weighted by molar-refractivity contribution is 0.101. The van der Waals surface area contributed by atoms with Crippen molar-refractivity contribution in [2.75, 3.05) is 62.6 Å². The summed E-state index contributed by atoms with van der Waals surface area (Å²) in [5, 5.41) is 12.2. The van der Waals surface area contributed by atoms with Gasteiger partial charge in [-0.15, -0.1) is 0 Å². The van der Waals surface area contributed by atoms with Crippen LogP contribution in [0.25, 0.3) is 89.7 Å². The molecule has 2 fully saturated rings. The minimum atomic E-state index is -3.36. The number of aromatic amines is 4. The van der Waals surface area contributed by atoms with Gasteiger partial charge < -0.3 is 67.8 Å². The number of hydrogen-bond donors (Lipinski definition) is 11. The molecule has 34 nitrogen and oxygen atoms in total. The van der Waals surface area contributed by atoms with Crippen LogP contribution < -0.4 is 47.9 Å². The van der Waals surface area contributed by atoms with Crippen LogP contribution in [0, 0.1) is 0 Å². The summed E-state index contributed by atoms with van der Waals surface area (Å²) in [6.45, 7) is 16.7. The number of rotatable bonds is 22. The lowest BCUT2D eigenvalue weighted by atomic mass is 10.1. The van der Waals surface area contributed by atoms with Gasteiger partial charge >= 0.3 is 6.03 Å². The molecule has 0 aliphatic carbocycles. The van der Waals surface area contributed by atoms with Crippen molar-refractivity contribution < 1.29 is 71.4 Å². The molecule has 136 heavy (non-hydrogen) atoms. The molecule has 0 bridgehead atoms. The summed E-state index contributed by atoms with van der Waals surface area (Å²) in [5.41, 5.74) is 27.5. The van der Waals surface area contributed by atoms with Gasteiger partial charge in [-0.3, -0.25) is 19.4 Å². The zero-order chi connectivity index (χ0) is 94.9. The Morgan fingerprint density at radius 1 is 0.360 bits per heavy atom. The second-order valence-electron chi connectivity index (χ2n) is 33.1. The topological polar surface area (TPSA) is 503 Å². The fraction of sp³-hybridized carbons (Fsp3) is 0.235. The average molecular weight is 1940 g/mol.